The molecule has 150 valence electrons. The van der Waals surface area contributed by atoms with Crippen LogP contribution < -0.4 is 10.0 Å². The number of halogens is 3. The molecule has 0 fully saturated rings. The van der Waals surface area contributed by atoms with E-state index in [9.17, 15) is 26.4 Å². The van der Waals surface area contributed by atoms with Crippen LogP contribution in [0, 0.1) is 0 Å². The van der Waals surface area contributed by atoms with Crippen molar-refractivity contribution in [3.05, 3.63) is 84.2 Å². The van der Waals surface area contributed by atoms with Crippen molar-refractivity contribution in [1.82, 2.24) is 4.98 Å². The van der Waals surface area contributed by atoms with Gasteiger partial charge in [0.25, 0.3) is 15.9 Å². The first-order chi connectivity index (χ1) is 13.7. The Bertz CT molecular complexity index is 1130. The molecule has 2 aromatic carbocycles. The molecule has 1 amide bonds. The smallest absolute Gasteiger partial charge is 0.322 e. The number of pyridine rings is 1. The van der Waals surface area contributed by atoms with Crippen LogP contribution in [0.3, 0.4) is 0 Å². The second-order valence-electron chi connectivity index (χ2n) is 5.87. The molecule has 0 saturated heterocycles. The van der Waals surface area contributed by atoms with Crippen LogP contribution in [0.2, 0.25) is 0 Å². The third kappa shape index (κ3) is 4.91. The van der Waals surface area contributed by atoms with Gasteiger partial charge in [-0.1, -0.05) is 18.2 Å². The van der Waals surface area contributed by atoms with Gasteiger partial charge in [0.15, 0.2) is 0 Å². The molecule has 0 aliphatic heterocycles. The predicted molar refractivity (Wildman–Crippen MR) is 101 cm³/mol. The highest BCUT2D eigenvalue weighted by Gasteiger charge is 2.31. The molecule has 0 spiro atoms. The lowest BCUT2D eigenvalue weighted by Gasteiger charge is -2.14. The van der Waals surface area contributed by atoms with Crippen LogP contribution in [0.4, 0.5) is 24.5 Å². The Balaban J connectivity index is 1.90. The lowest BCUT2D eigenvalue weighted by Crippen LogP contribution is -2.19. The monoisotopic (exact) mass is 421 g/mol. The van der Waals surface area contributed by atoms with E-state index in [1.165, 1.54) is 36.7 Å². The molecule has 0 radical (unpaired) electrons. The number of hydrogen-bond donors (Lipinski definition) is 2. The van der Waals surface area contributed by atoms with Gasteiger partial charge in [0.2, 0.25) is 0 Å². The Kier molecular flexibility index (Phi) is 5.55. The van der Waals surface area contributed by atoms with Gasteiger partial charge in [0, 0.05) is 18.1 Å². The van der Waals surface area contributed by atoms with Gasteiger partial charge in [-0.3, -0.25) is 14.5 Å². The van der Waals surface area contributed by atoms with Gasteiger partial charge in [-0.15, -0.1) is 0 Å². The third-order valence-corrected chi connectivity index (χ3v) is 5.19. The van der Waals surface area contributed by atoms with Crippen LogP contribution in [-0.4, -0.2) is 19.3 Å². The zero-order chi connectivity index (χ0) is 21.1. The number of rotatable bonds is 5. The molecule has 0 aliphatic carbocycles. The summed E-state index contributed by atoms with van der Waals surface area (Å²) < 4.78 is 66.0. The summed E-state index contributed by atoms with van der Waals surface area (Å²) in [6.45, 7) is 0. The number of amides is 1. The number of hydrogen-bond acceptors (Lipinski definition) is 4. The molecule has 29 heavy (non-hydrogen) atoms. The summed E-state index contributed by atoms with van der Waals surface area (Å²) in [6, 6.07) is 12.2. The van der Waals surface area contributed by atoms with E-state index in [-0.39, 0.29) is 11.3 Å². The summed E-state index contributed by atoms with van der Waals surface area (Å²) >= 11 is 0. The van der Waals surface area contributed by atoms with Crippen molar-refractivity contribution in [2.24, 2.45) is 0 Å². The minimum atomic E-state index is -4.69. The molecule has 10 heteroatoms. The zero-order valence-corrected chi connectivity index (χ0v) is 15.5. The first kappa shape index (κ1) is 20.3. The Labute approximate surface area is 164 Å². The van der Waals surface area contributed by atoms with E-state index in [2.05, 4.69) is 15.0 Å². The number of carbonyl (C=O) groups excluding carboxylic acids is 1. The Hall–Kier alpha value is -3.40. The molecule has 6 nitrogen and oxygen atoms in total. The average molecular weight is 421 g/mol. The summed E-state index contributed by atoms with van der Waals surface area (Å²) in [6.07, 6.45) is -1.75. The van der Waals surface area contributed by atoms with E-state index in [1.54, 1.807) is 12.1 Å². The lowest BCUT2D eigenvalue weighted by atomic mass is 10.1. The maximum absolute atomic E-state index is 12.9. The number of carbonyl (C=O) groups is 1. The molecule has 0 bridgehead atoms. The number of alkyl halides is 3. The standard InChI is InChI=1S/C19H14F3N3O3S/c20-19(21,22)13-4-3-5-15(12-13)29(27,28)25-17-7-2-1-6-16(17)18(26)24-14-8-10-23-11-9-14/h1-12,25H,(H,23,24,26). The first-order valence-corrected chi connectivity index (χ1v) is 9.65. The highest BCUT2D eigenvalue weighted by Crippen LogP contribution is 2.31. The minimum Gasteiger partial charge on any atom is -0.322 e. The Morgan fingerprint density at radius 2 is 1.62 bits per heavy atom. The van der Waals surface area contributed by atoms with E-state index in [1.807, 2.05) is 0 Å². The summed E-state index contributed by atoms with van der Waals surface area (Å²) in [5, 5.41) is 2.59. The van der Waals surface area contributed by atoms with Crippen molar-refractivity contribution in [3.8, 4) is 0 Å². The normalized spacial score (nSPS) is 11.7. The molecule has 3 aromatic rings. The third-order valence-electron chi connectivity index (χ3n) is 3.83. The second-order valence-corrected chi connectivity index (χ2v) is 7.55. The fourth-order valence-corrected chi connectivity index (χ4v) is 3.57. The second kappa shape index (κ2) is 7.92. The van der Waals surface area contributed by atoms with Crippen LogP contribution in [0.15, 0.2) is 78.0 Å². The molecule has 0 saturated carbocycles. The summed E-state index contributed by atoms with van der Waals surface area (Å²) in [5.41, 5.74) is -0.721. The molecular formula is C19H14F3N3O3S. The molecule has 0 aliphatic rings. The van der Waals surface area contributed by atoms with Crippen LogP contribution in [0.25, 0.3) is 0 Å². The summed E-state index contributed by atoms with van der Waals surface area (Å²) in [5.74, 6) is -0.599. The molecule has 1 heterocycles. The van der Waals surface area contributed by atoms with Crippen molar-refractivity contribution in [2.75, 3.05) is 10.0 Å². The quantitative estimate of drug-likeness (QED) is 0.648. The fraction of sp³-hybridized carbons (Fsp3) is 0.0526. The predicted octanol–water partition coefficient (Wildman–Crippen LogP) is 4.15. The van der Waals surface area contributed by atoms with Gasteiger partial charge in [0.05, 0.1) is 21.7 Å². The van der Waals surface area contributed by atoms with E-state index < -0.39 is 32.6 Å². The molecule has 3 rings (SSSR count). The molecule has 0 unspecified atom stereocenters. The van der Waals surface area contributed by atoms with Crippen LogP contribution in [0.1, 0.15) is 15.9 Å². The summed E-state index contributed by atoms with van der Waals surface area (Å²) in [4.78, 5) is 15.8. The number of aromatic nitrogens is 1. The topological polar surface area (TPSA) is 88.2 Å². The van der Waals surface area contributed by atoms with E-state index in [0.717, 1.165) is 18.2 Å². The van der Waals surface area contributed by atoms with Crippen LogP contribution >= 0.6 is 0 Å². The SMILES string of the molecule is O=C(Nc1ccncc1)c1ccccc1NS(=O)(=O)c1cccc(C(F)(F)F)c1. The number of benzene rings is 2. The van der Waals surface area contributed by atoms with Gasteiger partial charge in [-0.2, -0.15) is 13.2 Å². The Morgan fingerprint density at radius 1 is 0.931 bits per heavy atom. The number of nitrogens with zero attached hydrogens (tertiary/aromatic N) is 1. The van der Waals surface area contributed by atoms with Gasteiger partial charge >= 0.3 is 6.18 Å². The van der Waals surface area contributed by atoms with Crippen molar-refractivity contribution in [2.45, 2.75) is 11.1 Å². The number of sulfonamides is 1. The summed E-state index contributed by atoms with van der Waals surface area (Å²) in [7, 11) is -4.36. The highest BCUT2D eigenvalue weighted by atomic mass is 32.2. The van der Waals surface area contributed by atoms with Crippen molar-refractivity contribution >= 4 is 27.3 Å². The zero-order valence-electron chi connectivity index (χ0n) is 14.6. The Morgan fingerprint density at radius 3 is 2.31 bits per heavy atom. The average Bonchev–Trinajstić information content (AvgIpc) is 2.68. The number of para-hydroxylation sites is 1. The first-order valence-electron chi connectivity index (χ1n) is 8.17. The van der Waals surface area contributed by atoms with E-state index in [4.69, 9.17) is 0 Å². The van der Waals surface area contributed by atoms with Crippen molar-refractivity contribution in [1.29, 1.82) is 0 Å². The molecule has 0 atom stereocenters. The van der Waals surface area contributed by atoms with Crippen molar-refractivity contribution in [3.63, 3.8) is 0 Å². The van der Waals surface area contributed by atoms with Gasteiger partial charge in [-0.05, 0) is 42.5 Å². The highest BCUT2D eigenvalue weighted by molar-refractivity contribution is 7.92. The van der Waals surface area contributed by atoms with Gasteiger partial charge in [-0.25, -0.2) is 8.42 Å². The fourth-order valence-electron chi connectivity index (χ4n) is 2.45. The van der Waals surface area contributed by atoms with Crippen LogP contribution in [-0.2, 0) is 16.2 Å². The van der Waals surface area contributed by atoms with Crippen LogP contribution in [0.5, 0.6) is 0 Å². The largest absolute Gasteiger partial charge is 0.416 e. The van der Waals surface area contributed by atoms with E-state index in [0.29, 0.717) is 11.8 Å². The van der Waals surface area contributed by atoms with Crippen molar-refractivity contribution < 1.29 is 26.4 Å². The molecule has 2 N–H and O–H groups in total. The number of anilines is 2. The molecule has 1 aromatic heterocycles. The maximum atomic E-state index is 12.9. The minimum absolute atomic E-state index is 0.000127. The maximum Gasteiger partial charge on any atom is 0.416 e. The lowest BCUT2D eigenvalue weighted by molar-refractivity contribution is -0.137. The van der Waals surface area contributed by atoms with Gasteiger partial charge in [0.1, 0.15) is 0 Å². The number of nitrogens with one attached hydrogen (secondary N) is 2. The van der Waals surface area contributed by atoms with E-state index >= 15 is 0 Å². The molecular weight excluding hydrogens is 407 g/mol. The van der Waals surface area contributed by atoms with Gasteiger partial charge < -0.3 is 5.32 Å².